The normalized spacial score (nSPS) is 10.6. The van der Waals surface area contributed by atoms with Crippen molar-refractivity contribution in [3.63, 3.8) is 0 Å². The van der Waals surface area contributed by atoms with E-state index in [1.54, 1.807) is 23.6 Å². The van der Waals surface area contributed by atoms with Crippen LogP contribution >= 0.6 is 34.5 Å². The Labute approximate surface area is 158 Å². The maximum atomic E-state index is 10.8. The van der Waals surface area contributed by atoms with E-state index in [1.807, 2.05) is 24.3 Å². The van der Waals surface area contributed by atoms with Gasteiger partial charge < -0.3 is 9.84 Å². The Morgan fingerprint density at radius 2 is 1.84 bits per heavy atom. The van der Waals surface area contributed by atoms with Crippen LogP contribution in [0.25, 0.3) is 10.6 Å². The lowest BCUT2D eigenvalue weighted by Gasteiger charge is -2.12. The van der Waals surface area contributed by atoms with Gasteiger partial charge in [0, 0.05) is 21.0 Å². The van der Waals surface area contributed by atoms with Gasteiger partial charge >= 0.3 is 5.97 Å². The molecule has 3 aromatic rings. The third-order valence-electron chi connectivity index (χ3n) is 3.44. The number of hydrogen-bond donors (Lipinski definition) is 1. The molecule has 0 aliphatic heterocycles. The Bertz CT molecular complexity index is 891. The van der Waals surface area contributed by atoms with E-state index in [2.05, 4.69) is 4.98 Å². The Morgan fingerprint density at radius 1 is 1.12 bits per heavy atom. The van der Waals surface area contributed by atoms with E-state index < -0.39 is 5.97 Å². The Morgan fingerprint density at radius 3 is 2.56 bits per heavy atom. The molecule has 1 heterocycles. The van der Waals surface area contributed by atoms with Crippen molar-refractivity contribution in [1.29, 1.82) is 0 Å². The summed E-state index contributed by atoms with van der Waals surface area (Å²) in [5.41, 5.74) is 2.04. The number of carboxylic acid groups (broad SMARTS) is 1. The number of carboxylic acids is 1. The molecule has 0 saturated heterocycles. The molecule has 0 saturated carbocycles. The van der Waals surface area contributed by atoms with Gasteiger partial charge in [0.1, 0.15) is 17.4 Å². The first-order valence-electron chi connectivity index (χ1n) is 7.36. The first-order chi connectivity index (χ1) is 12.0. The Kier molecular flexibility index (Phi) is 5.58. The van der Waals surface area contributed by atoms with Crippen molar-refractivity contribution < 1.29 is 14.6 Å². The zero-order chi connectivity index (χ0) is 17.8. The van der Waals surface area contributed by atoms with Gasteiger partial charge in [-0.2, -0.15) is 0 Å². The zero-order valence-corrected chi connectivity index (χ0v) is 15.2. The van der Waals surface area contributed by atoms with Crippen molar-refractivity contribution in [1.82, 2.24) is 4.98 Å². The van der Waals surface area contributed by atoms with Crippen molar-refractivity contribution in [3.8, 4) is 16.3 Å². The van der Waals surface area contributed by atoms with E-state index in [0.717, 1.165) is 5.56 Å². The molecule has 0 fully saturated rings. The molecule has 25 heavy (non-hydrogen) atoms. The molecule has 0 radical (unpaired) electrons. The number of benzene rings is 2. The van der Waals surface area contributed by atoms with E-state index in [4.69, 9.17) is 33.0 Å². The fourth-order valence-corrected chi connectivity index (χ4v) is 3.61. The summed E-state index contributed by atoms with van der Waals surface area (Å²) in [5, 5.41) is 12.4. The van der Waals surface area contributed by atoms with Gasteiger partial charge in [-0.1, -0.05) is 41.4 Å². The molecule has 0 aliphatic carbocycles. The van der Waals surface area contributed by atoms with Gasteiger partial charge in [0.2, 0.25) is 0 Å². The summed E-state index contributed by atoms with van der Waals surface area (Å²) in [4.78, 5) is 15.2. The van der Waals surface area contributed by atoms with Gasteiger partial charge in [0.25, 0.3) is 0 Å². The lowest BCUT2D eigenvalue weighted by atomic mass is 10.2. The summed E-state index contributed by atoms with van der Waals surface area (Å²) in [7, 11) is 0. The largest absolute Gasteiger partial charge is 0.488 e. The highest BCUT2D eigenvalue weighted by atomic mass is 35.5. The molecular weight excluding hydrogens is 381 g/mol. The maximum Gasteiger partial charge on any atom is 0.309 e. The molecule has 2 aromatic carbocycles. The number of nitrogens with zero attached hydrogens (tertiary/aromatic N) is 1. The lowest BCUT2D eigenvalue weighted by Crippen LogP contribution is -2.00. The summed E-state index contributed by atoms with van der Waals surface area (Å²) in [6.45, 7) is 0.225. The molecule has 3 rings (SSSR count). The summed E-state index contributed by atoms with van der Waals surface area (Å²) in [6, 6.07) is 12.8. The lowest BCUT2D eigenvalue weighted by molar-refractivity contribution is -0.136. The van der Waals surface area contributed by atoms with E-state index in [1.165, 1.54) is 11.3 Å². The molecule has 0 atom stereocenters. The number of thiazole rings is 1. The second-order valence-corrected chi connectivity index (χ2v) is 6.87. The van der Waals surface area contributed by atoms with Crippen LogP contribution in [0.3, 0.4) is 0 Å². The Hall–Kier alpha value is -2.08. The third-order valence-corrected chi connectivity index (χ3v) is 5.07. The molecule has 0 unspecified atom stereocenters. The smallest absolute Gasteiger partial charge is 0.309 e. The third kappa shape index (κ3) is 4.31. The van der Waals surface area contributed by atoms with Gasteiger partial charge in [0.15, 0.2) is 0 Å². The average molecular weight is 394 g/mol. The quantitative estimate of drug-likeness (QED) is 0.615. The Balaban J connectivity index is 1.84. The maximum absolute atomic E-state index is 10.8. The van der Waals surface area contributed by atoms with Crippen LogP contribution in [0.5, 0.6) is 5.75 Å². The summed E-state index contributed by atoms with van der Waals surface area (Å²) in [5.74, 6) is -0.274. The van der Waals surface area contributed by atoms with E-state index >= 15 is 0 Å². The predicted octanol–water partition coefficient (Wildman–Crippen LogP) is 5.32. The van der Waals surface area contributed by atoms with Gasteiger partial charge in [-0.25, -0.2) is 4.98 Å². The van der Waals surface area contributed by atoms with E-state index in [9.17, 15) is 4.79 Å². The van der Waals surface area contributed by atoms with Gasteiger partial charge in [-0.15, -0.1) is 11.3 Å². The molecule has 128 valence electrons. The first kappa shape index (κ1) is 17.7. The van der Waals surface area contributed by atoms with E-state index in [0.29, 0.717) is 32.1 Å². The topological polar surface area (TPSA) is 59.4 Å². The summed E-state index contributed by atoms with van der Waals surface area (Å²) in [6.07, 6.45) is -0.102. The SMILES string of the molecule is O=C(O)Cc1csc(-c2ccccc2OCc2c(Cl)cccc2Cl)n1. The molecule has 0 spiro atoms. The standard InChI is InChI=1S/C18H13Cl2NO3S/c19-14-5-3-6-15(20)13(14)9-24-16-7-2-1-4-12(16)18-21-11(10-25-18)8-17(22)23/h1-7,10H,8-9H2,(H,22,23). The fraction of sp³-hybridized carbons (Fsp3) is 0.111. The molecule has 7 heteroatoms. The number of hydrogen-bond acceptors (Lipinski definition) is 4. The summed E-state index contributed by atoms with van der Waals surface area (Å²) < 4.78 is 5.91. The zero-order valence-electron chi connectivity index (χ0n) is 12.9. The van der Waals surface area contributed by atoms with Crippen LogP contribution in [0.2, 0.25) is 10.0 Å². The number of aromatic nitrogens is 1. The van der Waals surface area contributed by atoms with Gasteiger partial charge in [-0.05, 0) is 24.3 Å². The van der Waals surface area contributed by atoms with Crippen LogP contribution in [0.1, 0.15) is 11.3 Å². The van der Waals surface area contributed by atoms with Crippen LogP contribution in [-0.4, -0.2) is 16.1 Å². The minimum atomic E-state index is -0.908. The molecular formula is C18H13Cl2NO3S. The van der Waals surface area contributed by atoms with Crippen LogP contribution in [0.15, 0.2) is 47.8 Å². The summed E-state index contributed by atoms with van der Waals surface area (Å²) >= 11 is 13.7. The molecule has 4 nitrogen and oxygen atoms in total. The number of aliphatic carboxylic acids is 1. The van der Waals surface area contributed by atoms with Crippen LogP contribution < -0.4 is 4.74 Å². The second kappa shape index (κ2) is 7.87. The number of para-hydroxylation sites is 1. The van der Waals surface area contributed by atoms with Crippen molar-refractivity contribution in [2.24, 2.45) is 0 Å². The average Bonchev–Trinajstić information content (AvgIpc) is 3.02. The second-order valence-electron chi connectivity index (χ2n) is 5.20. The molecule has 0 amide bonds. The highest BCUT2D eigenvalue weighted by molar-refractivity contribution is 7.13. The van der Waals surface area contributed by atoms with Gasteiger partial charge in [0.05, 0.1) is 17.7 Å². The number of rotatable bonds is 6. The number of halogens is 2. The molecule has 0 aliphatic rings. The molecule has 1 aromatic heterocycles. The van der Waals surface area contributed by atoms with Crippen LogP contribution in [0, 0.1) is 0 Å². The highest BCUT2D eigenvalue weighted by Crippen LogP contribution is 2.34. The minimum absolute atomic E-state index is 0.102. The van der Waals surface area contributed by atoms with Crippen molar-refractivity contribution in [3.05, 3.63) is 69.1 Å². The molecule has 1 N–H and O–H groups in total. The monoisotopic (exact) mass is 393 g/mol. The van der Waals surface area contributed by atoms with Crippen molar-refractivity contribution >= 4 is 40.5 Å². The van der Waals surface area contributed by atoms with Crippen LogP contribution in [-0.2, 0) is 17.8 Å². The van der Waals surface area contributed by atoms with Gasteiger partial charge in [-0.3, -0.25) is 4.79 Å². The van der Waals surface area contributed by atoms with Crippen molar-refractivity contribution in [2.75, 3.05) is 0 Å². The van der Waals surface area contributed by atoms with E-state index in [-0.39, 0.29) is 13.0 Å². The minimum Gasteiger partial charge on any atom is -0.488 e. The highest BCUT2D eigenvalue weighted by Gasteiger charge is 2.13. The van der Waals surface area contributed by atoms with Crippen molar-refractivity contribution in [2.45, 2.75) is 13.0 Å². The predicted molar refractivity (Wildman–Crippen MR) is 99.7 cm³/mol. The first-order valence-corrected chi connectivity index (χ1v) is 8.99. The number of carbonyl (C=O) groups is 1. The van der Waals surface area contributed by atoms with Crippen LogP contribution in [0.4, 0.5) is 0 Å². The fourth-order valence-electron chi connectivity index (χ4n) is 2.26. The number of ether oxygens (including phenoxy) is 1. The molecule has 0 bridgehead atoms.